The van der Waals surface area contributed by atoms with E-state index in [0.29, 0.717) is 13.2 Å². The number of nitrogens with one attached hydrogen (secondary N) is 2. The van der Waals surface area contributed by atoms with Gasteiger partial charge in [-0.3, -0.25) is 4.79 Å². The molecule has 0 aliphatic heterocycles. The van der Waals surface area contributed by atoms with Gasteiger partial charge < -0.3 is 20.1 Å². The zero-order chi connectivity index (χ0) is 17.4. The summed E-state index contributed by atoms with van der Waals surface area (Å²) < 4.78 is 10.5. The van der Waals surface area contributed by atoms with Crippen molar-refractivity contribution in [2.45, 2.75) is 26.4 Å². The van der Waals surface area contributed by atoms with Crippen LogP contribution in [0.15, 0.2) is 48.5 Å². The smallest absolute Gasteiger partial charge is 0.242 e. The van der Waals surface area contributed by atoms with Crippen LogP contribution in [0.5, 0.6) is 11.5 Å². The van der Waals surface area contributed by atoms with Gasteiger partial charge in [0.05, 0.1) is 13.7 Å². The van der Waals surface area contributed by atoms with Crippen LogP contribution in [0.2, 0.25) is 0 Å². The van der Waals surface area contributed by atoms with Crippen LogP contribution < -0.4 is 20.1 Å². The maximum atomic E-state index is 12.2. The van der Waals surface area contributed by atoms with Crippen LogP contribution in [-0.4, -0.2) is 25.7 Å². The second-order valence-corrected chi connectivity index (χ2v) is 5.39. The van der Waals surface area contributed by atoms with Crippen LogP contribution in [0.3, 0.4) is 0 Å². The van der Waals surface area contributed by atoms with Crippen LogP contribution >= 0.6 is 0 Å². The Morgan fingerprint density at radius 2 is 1.67 bits per heavy atom. The summed E-state index contributed by atoms with van der Waals surface area (Å²) in [6, 6.07) is 14.9. The van der Waals surface area contributed by atoms with E-state index >= 15 is 0 Å². The lowest BCUT2D eigenvalue weighted by Crippen LogP contribution is -2.37. The van der Waals surface area contributed by atoms with Crippen LogP contribution in [0, 0.1) is 0 Å². The molecule has 2 rings (SSSR count). The number of hydrogen-bond donors (Lipinski definition) is 2. The fourth-order valence-electron chi connectivity index (χ4n) is 2.22. The topological polar surface area (TPSA) is 59.6 Å². The quantitative estimate of drug-likeness (QED) is 0.781. The average molecular weight is 328 g/mol. The Morgan fingerprint density at radius 1 is 1.04 bits per heavy atom. The number of rotatable bonds is 8. The third-order valence-corrected chi connectivity index (χ3v) is 3.57. The van der Waals surface area contributed by atoms with E-state index in [9.17, 15) is 4.79 Å². The molecular weight excluding hydrogens is 304 g/mol. The predicted molar refractivity (Wildman–Crippen MR) is 95.5 cm³/mol. The lowest BCUT2D eigenvalue weighted by Gasteiger charge is -2.16. The number of hydrogen-bond acceptors (Lipinski definition) is 4. The average Bonchev–Trinajstić information content (AvgIpc) is 2.62. The molecule has 0 fully saturated rings. The van der Waals surface area contributed by atoms with Gasteiger partial charge in [0.1, 0.15) is 17.5 Å². The molecule has 0 radical (unpaired) electrons. The van der Waals surface area contributed by atoms with E-state index < -0.39 is 0 Å². The monoisotopic (exact) mass is 328 g/mol. The van der Waals surface area contributed by atoms with E-state index in [0.717, 1.165) is 22.7 Å². The largest absolute Gasteiger partial charge is 0.497 e. The maximum Gasteiger partial charge on any atom is 0.242 e. The van der Waals surface area contributed by atoms with Crippen molar-refractivity contribution in [2.24, 2.45) is 0 Å². The van der Waals surface area contributed by atoms with Gasteiger partial charge in [-0.15, -0.1) is 0 Å². The van der Waals surface area contributed by atoms with E-state index in [1.54, 1.807) is 7.11 Å². The minimum absolute atomic E-state index is 0.0558. The summed E-state index contributed by atoms with van der Waals surface area (Å²) in [5.41, 5.74) is 1.91. The molecule has 1 atom stereocenters. The fraction of sp³-hybridized carbons (Fsp3) is 0.316. The van der Waals surface area contributed by atoms with Gasteiger partial charge in [-0.25, -0.2) is 0 Å². The van der Waals surface area contributed by atoms with E-state index in [4.69, 9.17) is 9.47 Å². The second-order valence-electron chi connectivity index (χ2n) is 5.39. The number of benzene rings is 2. The Labute approximate surface area is 143 Å². The summed E-state index contributed by atoms with van der Waals surface area (Å²) >= 11 is 0. The molecule has 5 nitrogen and oxygen atoms in total. The molecule has 2 aromatic rings. The first-order chi connectivity index (χ1) is 11.6. The van der Waals surface area contributed by atoms with Crippen molar-refractivity contribution in [2.75, 3.05) is 19.0 Å². The molecule has 24 heavy (non-hydrogen) atoms. The predicted octanol–water partition coefficient (Wildman–Crippen LogP) is 3.21. The first-order valence-corrected chi connectivity index (χ1v) is 8.02. The van der Waals surface area contributed by atoms with E-state index in [2.05, 4.69) is 10.6 Å². The molecule has 0 aliphatic carbocycles. The third-order valence-electron chi connectivity index (χ3n) is 3.57. The van der Waals surface area contributed by atoms with Gasteiger partial charge in [0.2, 0.25) is 5.91 Å². The zero-order valence-electron chi connectivity index (χ0n) is 14.3. The highest BCUT2D eigenvalue weighted by Crippen LogP contribution is 2.16. The van der Waals surface area contributed by atoms with Crippen molar-refractivity contribution in [3.63, 3.8) is 0 Å². The van der Waals surface area contributed by atoms with Crippen LogP contribution in [0.25, 0.3) is 0 Å². The number of carbonyl (C=O) groups is 1. The van der Waals surface area contributed by atoms with Gasteiger partial charge in [-0.1, -0.05) is 12.1 Å². The molecule has 0 spiro atoms. The van der Waals surface area contributed by atoms with Crippen molar-refractivity contribution in [1.82, 2.24) is 5.32 Å². The minimum Gasteiger partial charge on any atom is -0.497 e. The van der Waals surface area contributed by atoms with Gasteiger partial charge in [-0.05, 0) is 55.8 Å². The molecule has 2 N–H and O–H groups in total. The van der Waals surface area contributed by atoms with E-state index in [1.807, 2.05) is 62.4 Å². The summed E-state index contributed by atoms with van der Waals surface area (Å²) in [5, 5.41) is 6.10. The Kier molecular flexibility index (Phi) is 6.49. The van der Waals surface area contributed by atoms with Gasteiger partial charge in [0, 0.05) is 12.2 Å². The van der Waals surface area contributed by atoms with Crippen LogP contribution in [-0.2, 0) is 11.3 Å². The van der Waals surface area contributed by atoms with Gasteiger partial charge in [-0.2, -0.15) is 0 Å². The number of ether oxygens (including phenoxy) is 2. The Balaban J connectivity index is 1.82. The molecule has 0 saturated heterocycles. The number of amides is 1. The number of carbonyl (C=O) groups excluding carboxylic acids is 1. The SMILES string of the molecule is CCOc1ccc(N[C@H](C)C(=O)NCc2ccc(OC)cc2)cc1. The highest BCUT2D eigenvalue weighted by Gasteiger charge is 2.12. The Bertz CT molecular complexity index is 639. The van der Waals surface area contributed by atoms with Gasteiger partial charge >= 0.3 is 0 Å². The zero-order valence-corrected chi connectivity index (χ0v) is 14.3. The summed E-state index contributed by atoms with van der Waals surface area (Å²) in [6.45, 7) is 4.90. The molecule has 128 valence electrons. The minimum atomic E-state index is -0.332. The third kappa shape index (κ3) is 5.19. The summed E-state index contributed by atoms with van der Waals surface area (Å²) in [6.07, 6.45) is 0. The molecule has 1 amide bonds. The number of anilines is 1. The molecule has 0 bridgehead atoms. The normalized spacial score (nSPS) is 11.5. The Morgan fingerprint density at radius 3 is 2.25 bits per heavy atom. The van der Waals surface area contributed by atoms with E-state index in [-0.39, 0.29) is 11.9 Å². The molecule has 0 aliphatic rings. The first-order valence-electron chi connectivity index (χ1n) is 8.02. The van der Waals surface area contributed by atoms with Crippen molar-refractivity contribution in [3.8, 4) is 11.5 Å². The fourth-order valence-corrected chi connectivity index (χ4v) is 2.22. The molecule has 0 saturated carbocycles. The summed E-state index contributed by atoms with van der Waals surface area (Å²) in [4.78, 5) is 12.2. The molecule has 0 heterocycles. The van der Waals surface area contributed by atoms with Crippen LogP contribution in [0.4, 0.5) is 5.69 Å². The second kappa shape index (κ2) is 8.82. The molecule has 5 heteroatoms. The first kappa shape index (κ1) is 17.7. The molecule has 0 unspecified atom stereocenters. The van der Waals surface area contributed by atoms with Crippen LogP contribution in [0.1, 0.15) is 19.4 Å². The van der Waals surface area contributed by atoms with Crippen molar-refractivity contribution in [1.29, 1.82) is 0 Å². The highest BCUT2D eigenvalue weighted by atomic mass is 16.5. The summed E-state index contributed by atoms with van der Waals surface area (Å²) in [5.74, 6) is 1.56. The highest BCUT2D eigenvalue weighted by molar-refractivity contribution is 5.84. The maximum absolute atomic E-state index is 12.2. The lowest BCUT2D eigenvalue weighted by molar-refractivity contribution is -0.121. The molecule has 2 aromatic carbocycles. The standard InChI is InChI=1S/C19H24N2O3/c1-4-24-18-11-7-16(8-12-18)21-14(2)19(22)20-13-15-5-9-17(23-3)10-6-15/h5-12,14,21H,4,13H2,1-3H3,(H,20,22)/t14-/m1/s1. The molecule has 0 aromatic heterocycles. The van der Waals surface area contributed by atoms with Gasteiger partial charge in [0.15, 0.2) is 0 Å². The van der Waals surface area contributed by atoms with Crippen molar-refractivity contribution in [3.05, 3.63) is 54.1 Å². The van der Waals surface area contributed by atoms with Crippen molar-refractivity contribution >= 4 is 11.6 Å². The Hall–Kier alpha value is -2.69. The summed E-state index contributed by atoms with van der Waals surface area (Å²) in [7, 11) is 1.63. The molecular formula is C19H24N2O3. The van der Waals surface area contributed by atoms with Gasteiger partial charge in [0.25, 0.3) is 0 Å². The van der Waals surface area contributed by atoms with Crippen molar-refractivity contribution < 1.29 is 14.3 Å². The van der Waals surface area contributed by atoms with E-state index in [1.165, 1.54) is 0 Å². The number of methoxy groups -OCH3 is 1. The lowest BCUT2D eigenvalue weighted by atomic mass is 10.2.